The van der Waals surface area contributed by atoms with E-state index in [1.807, 2.05) is 6.07 Å². The number of rotatable bonds is 9. The van der Waals surface area contributed by atoms with Gasteiger partial charge in [0.15, 0.2) is 11.5 Å². The van der Waals surface area contributed by atoms with Gasteiger partial charge in [-0.25, -0.2) is 0 Å². The molecule has 1 heterocycles. The van der Waals surface area contributed by atoms with E-state index >= 15 is 0 Å². The number of aliphatic hydroxyl groups excluding tert-OH is 1. The molecule has 3 N–H and O–H groups in total. The lowest BCUT2D eigenvalue weighted by atomic mass is 10.0. The van der Waals surface area contributed by atoms with E-state index in [-0.39, 0.29) is 16.8 Å². The molecule has 0 aliphatic rings. The standard InChI is InChI=1S/C23H26N4O6/c1-12(28)19(29)18(24)14-8-6-7-13(9-14)11-27(2)23-25-15-10-16(31-3)20(32-4)21(33-5)17(15)22(30)26-23/h6-10,12,24,28H,11H2,1-5H3,(H,25,26,30). The second-order valence-electron chi connectivity index (χ2n) is 7.41. The zero-order valence-corrected chi connectivity index (χ0v) is 19.1. The number of Topliss-reactive ketones (excluding diaryl/α,β-unsaturated/α-hetero) is 1. The van der Waals surface area contributed by atoms with Crippen LogP contribution >= 0.6 is 0 Å². The van der Waals surface area contributed by atoms with Crippen LogP contribution in [-0.2, 0) is 11.3 Å². The van der Waals surface area contributed by atoms with Gasteiger partial charge in [0.1, 0.15) is 17.2 Å². The third-order valence-corrected chi connectivity index (χ3v) is 5.12. The van der Waals surface area contributed by atoms with Crippen molar-refractivity contribution >= 4 is 28.3 Å². The van der Waals surface area contributed by atoms with E-state index in [0.29, 0.717) is 35.1 Å². The number of ketones is 1. The van der Waals surface area contributed by atoms with Gasteiger partial charge in [-0.1, -0.05) is 18.2 Å². The number of aliphatic hydroxyl groups is 1. The van der Waals surface area contributed by atoms with Gasteiger partial charge in [0.05, 0.1) is 26.8 Å². The van der Waals surface area contributed by atoms with Gasteiger partial charge in [0, 0.05) is 25.2 Å². The minimum Gasteiger partial charge on any atom is -0.493 e. The molecular weight excluding hydrogens is 428 g/mol. The van der Waals surface area contributed by atoms with Crippen molar-refractivity contribution in [1.29, 1.82) is 5.41 Å². The van der Waals surface area contributed by atoms with Gasteiger partial charge >= 0.3 is 0 Å². The Morgan fingerprint density at radius 3 is 2.48 bits per heavy atom. The van der Waals surface area contributed by atoms with Crippen molar-refractivity contribution in [1.82, 2.24) is 9.97 Å². The molecule has 0 saturated heterocycles. The number of carbonyl (C=O) groups is 1. The largest absolute Gasteiger partial charge is 0.493 e. The van der Waals surface area contributed by atoms with Crippen molar-refractivity contribution in [3.8, 4) is 17.2 Å². The molecule has 0 aliphatic heterocycles. The Morgan fingerprint density at radius 2 is 1.88 bits per heavy atom. The minimum atomic E-state index is -1.25. The first-order valence-electron chi connectivity index (χ1n) is 10.1. The fourth-order valence-electron chi connectivity index (χ4n) is 3.47. The topological polar surface area (TPSA) is 138 Å². The van der Waals surface area contributed by atoms with Crippen LogP contribution in [0.25, 0.3) is 10.9 Å². The number of nitrogens with one attached hydrogen (secondary N) is 2. The normalized spacial score (nSPS) is 11.7. The third-order valence-electron chi connectivity index (χ3n) is 5.12. The number of aromatic amines is 1. The lowest BCUT2D eigenvalue weighted by Gasteiger charge is -2.20. The van der Waals surface area contributed by atoms with Crippen LogP contribution in [0.3, 0.4) is 0 Å². The molecule has 10 heteroatoms. The van der Waals surface area contributed by atoms with E-state index in [9.17, 15) is 14.7 Å². The van der Waals surface area contributed by atoms with E-state index in [4.69, 9.17) is 19.6 Å². The Bertz CT molecular complexity index is 1270. The lowest BCUT2D eigenvalue weighted by molar-refractivity contribution is -0.119. The number of carbonyl (C=O) groups excluding carboxylic acids is 1. The van der Waals surface area contributed by atoms with Crippen LogP contribution in [-0.4, -0.2) is 61.1 Å². The molecule has 174 valence electrons. The van der Waals surface area contributed by atoms with Crippen LogP contribution < -0.4 is 24.7 Å². The van der Waals surface area contributed by atoms with Gasteiger partial charge in [-0.2, -0.15) is 4.98 Å². The van der Waals surface area contributed by atoms with Crippen molar-refractivity contribution < 1.29 is 24.1 Å². The number of nitrogens with zero attached hydrogens (tertiary/aromatic N) is 2. The summed E-state index contributed by atoms with van der Waals surface area (Å²) in [7, 11) is 6.13. The molecule has 3 rings (SSSR count). The molecular formula is C23H26N4O6. The first kappa shape index (κ1) is 23.7. The number of hydrogen-bond donors (Lipinski definition) is 3. The molecule has 0 aliphatic carbocycles. The summed E-state index contributed by atoms with van der Waals surface area (Å²) in [6.07, 6.45) is -1.25. The maximum Gasteiger partial charge on any atom is 0.286 e. The van der Waals surface area contributed by atoms with Gasteiger partial charge < -0.3 is 29.2 Å². The van der Waals surface area contributed by atoms with Crippen molar-refractivity contribution in [3.63, 3.8) is 0 Å². The molecule has 33 heavy (non-hydrogen) atoms. The molecule has 0 bridgehead atoms. The summed E-state index contributed by atoms with van der Waals surface area (Å²) in [5.74, 6) is 0.573. The van der Waals surface area contributed by atoms with Crippen LogP contribution in [0.4, 0.5) is 5.95 Å². The molecule has 1 aromatic heterocycles. The highest BCUT2D eigenvalue weighted by Crippen LogP contribution is 2.41. The van der Waals surface area contributed by atoms with Gasteiger partial charge in [-0.3, -0.25) is 15.0 Å². The molecule has 2 aromatic carbocycles. The zero-order chi connectivity index (χ0) is 24.3. The second kappa shape index (κ2) is 9.70. The summed E-state index contributed by atoms with van der Waals surface area (Å²) >= 11 is 0. The van der Waals surface area contributed by atoms with E-state index < -0.39 is 17.4 Å². The number of anilines is 1. The van der Waals surface area contributed by atoms with Crippen molar-refractivity contribution in [3.05, 3.63) is 51.8 Å². The maximum absolute atomic E-state index is 12.9. The van der Waals surface area contributed by atoms with Crippen LogP contribution in [0.5, 0.6) is 17.2 Å². The number of methoxy groups -OCH3 is 3. The molecule has 0 amide bonds. The molecule has 0 spiro atoms. The van der Waals surface area contributed by atoms with Crippen molar-refractivity contribution in [2.75, 3.05) is 33.3 Å². The highest BCUT2D eigenvalue weighted by atomic mass is 16.5. The summed E-state index contributed by atoms with van der Waals surface area (Å²) in [6.45, 7) is 1.67. The Hall–Kier alpha value is -3.92. The van der Waals surface area contributed by atoms with E-state index in [1.165, 1.54) is 28.3 Å². The van der Waals surface area contributed by atoms with Gasteiger partial charge in [-0.15, -0.1) is 0 Å². The maximum atomic E-state index is 12.9. The lowest BCUT2D eigenvalue weighted by Crippen LogP contribution is -2.26. The average Bonchev–Trinajstić information content (AvgIpc) is 2.81. The number of hydrogen-bond acceptors (Lipinski definition) is 9. The summed E-state index contributed by atoms with van der Waals surface area (Å²) in [6, 6.07) is 8.52. The van der Waals surface area contributed by atoms with Gasteiger partial charge in [0.25, 0.3) is 5.56 Å². The molecule has 0 saturated carbocycles. The Morgan fingerprint density at radius 1 is 1.18 bits per heavy atom. The number of H-pyrrole nitrogens is 1. The average molecular weight is 454 g/mol. The summed E-state index contributed by atoms with van der Waals surface area (Å²) in [5.41, 5.74) is 0.880. The van der Waals surface area contributed by atoms with Crippen LogP contribution in [0.15, 0.2) is 35.1 Å². The Labute approximate surface area is 190 Å². The molecule has 3 aromatic rings. The quantitative estimate of drug-likeness (QED) is 0.417. The van der Waals surface area contributed by atoms with Crippen molar-refractivity contribution in [2.24, 2.45) is 0 Å². The summed E-state index contributed by atoms with van der Waals surface area (Å²) < 4.78 is 16.1. The second-order valence-corrected chi connectivity index (χ2v) is 7.41. The number of benzene rings is 2. The summed E-state index contributed by atoms with van der Waals surface area (Å²) in [4.78, 5) is 33.8. The Kier molecular flexibility index (Phi) is 6.98. The molecule has 1 unspecified atom stereocenters. The highest BCUT2D eigenvalue weighted by Gasteiger charge is 2.21. The molecule has 0 radical (unpaired) electrons. The predicted octanol–water partition coefficient (Wildman–Crippen LogP) is 1.90. The first-order valence-corrected chi connectivity index (χ1v) is 10.1. The highest BCUT2D eigenvalue weighted by molar-refractivity contribution is 6.46. The van der Waals surface area contributed by atoms with Crippen LogP contribution in [0.2, 0.25) is 0 Å². The number of aromatic nitrogens is 2. The third kappa shape index (κ3) is 4.65. The Balaban J connectivity index is 1.98. The van der Waals surface area contributed by atoms with Crippen LogP contribution in [0.1, 0.15) is 18.1 Å². The number of ether oxygens (including phenoxy) is 3. The van der Waals surface area contributed by atoms with Gasteiger partial charge in [0.2, 0.25) is 17.5 Å². The van der Waals surface area contributed by atoms with Crippen LogP contribution in [0, 0.1) is 5.41 Å². The zero-order valence-electron chi connectivity index (χ0n) is 19.1. The van der Waals surface area contributed by atoms with E-state index in [1.54, 1.807) is 36.2 Å². The number of fused-ring (bicyclic) bond motifs is 1. The SMILES string of the molecule is COc1cc2[nH]c(N(C)Cc3cccc(C(=N)C(=O)C(C)O)c3)nc(=O)c2c(OC)c1OC. The van der Waals surface area contributed by atoms with E-state index in [2.05, 4.69) is 9.97 Å². The predicted molar refractivity (Wildman–Crippen MR) is 124 cm³/mol. The summed E-state index contributed by atoms with van der Waals surface area (Å²) in [5, 5.41) is 17.7. The monoisotopic (exact) mass is 454 g/mol. The minimum absolute atomic E-state index is 0.226. The molecule has 0 fully saturated rings. The fourth-order valence-corrected chi connectivity index (χ4v) is 3.47. The molecule has 1 atom stereocenters. The van der Waals surface area contributed by atoms with E-state index in [0.717, 1.165) is 5.56 Å². The molecule has 10 nitrogen and oxygen atoms in total. The fraction of sp³-hybridized carbons (Fsp3) is 0.304. The smallest absolute Gasteiger partial charge is 0.286 e. The first-order chi connectivity index (χ1) is 15.7. The van der Waals surface area contributed by atoms with Crippen molar-refractivity contribution in [2.45, 2.75) is 19.6 Å². The van der Waals surface area contributed by atoms with Gasteiger partial charge in [-0.05, 0) is 18.6 Å².